The van der Waals surface area contributed by atoms with Gasteiger partial charge in [-0.05, 0) is 55.3 Å². The molecule has 152 valence electrons. The molecular weight excluding hydrogens is 376 g/mol. The first-order chi connectivity index (χ1) is 14.5. The van der Waals surface area contributed by atoms with Gasteiger partial charge in [0, 0.05) is 17.3 Å². The number of benzene rings is 3. The van der Waals surface area contributed by atoms with Gasteiger partial charge in [0.1, 0.15) is 5.75 Å². The Kier molecular flexibility index (Phi) is 6.65. The van der Waals surface area contributed by atoms with Crippen LogP contribution in [0.2, 0.25) is 0 Å². The van der Waals surface area contributed by atoms with Gasteiger partial charge >= 0.3 is 0 Å². The molecule has 3 aromatic rings. The van der Waals surface area contributed by atoms with E-state index in [0.717, 1.165) is 22.4 Å². The summed E-state index contributed by atoms with van der Waals surface area (Å²) < 4.78 is 5.29. The molecule has 0 aliphatic heterocycles. The largest absolute Gasteiger partial charge is 0.496 e. The quantitative estimate of drug-likeness (QED) is 0.558. The normalized spacial score (nSPS) is 10.6. The molecule has 0 radical (unpaired) electrons. The van der Waals surface area contributed by atoms with Crippen molar-refractivity contribution in [1.29, 1.82) is 0 Å². The first-order valence-electron chi connectivity index (χ1n) is 9.58. The standard InChI is InChI=1S/C25H24N2O3/c1-17-9-8-13-21(18(17)2)27-25(29)20-11-5-6-12-22(20)26-24(28)16-15-19-10-4-7-14-23(19)30-3/h4-16H,1-3H3,(H,26,28)(H,27,29)/b16-15-. The molecule has 0 aromatic heterocycles. The molecule has 30 heavy (non-hydrogen) atoms. The third-order valence-electron chi connectivity index (χ3n) is 4.84. The van der Waals surface area contributed by atoms with Gasteiger partial charge in [0.25, 0.3) is 5.91 Å². The predicted octanol–water partition coefficient (Wildman–Crippen LogP) is 5.22. The molecule has 5 heteroatoms. The number of ether oxygens (including phenoxy) is 1. The van der Waals surface area contributed by atoms with Crippen LogP contribution in [0.5, 0.6) is 5.75 Å². The first kappa shape index (κ1) is 20.9. The third-order valence-corrected chi connectivity index (χ3v) is 4.84. The van der Waals surface area contributed by atoms with Crippen LogP contribution in [-0.2, 0) is 4.79 Å². The Hall–Kier alpha value is -3.86. The van der Waals surface area contributed by atoms with Crippen LogP contribution in [0.1, 0.15) is 27.0 Å². The van der Waals surface area contributed by atoms with Crippen molar-refractivity contribution in [2.45, 2.75) is 13.8 Å². The number of methoxy groups -OCH3 is 1. The summed E-state index contributed by atoms with van der Waals surface area (Å²) >= 11 is 0. The highest BCUT2D eigenvalue weighted by molar-refractivity contribution is 6.12. The van der Waals surface area contributed by atoms with E-state index in [2.05, 4.69) is 10.6 Å². The minimum atomic E-state index is -0.340. The maximum absolute atomic E-state index is 12.8. The average Bonchev–Trinajstić information content (AvgIpc) is 2.76. The van der Waals surface area contributed by atoms with Crippen molar-refractivity contribution in [2.24, 2.45) is 0 Å². The molecule has 3 aromatic carbocycles. The zero-order chi connectivity index (χ0) is 21.5. The van der Waals surface area contributed by atoms with E-state index in [4.69, 9.17) is 4.74 Å². The number of hydrogen-bond donors (Lipinski definition) is 2. The molecule has 0 saturated carbocycles. The average molecular weight is 400 g/mol. The zero-order valence-electron chi connectivity index (χ0n) is 17.2. The van der Waals surface area contributed by atoms with E-state index in [-0.39, 0.29) is 11.8 Å². The number of carbonyl (C=O) groups excluding carboxylic acids is 2. The molecule has 0 saturated heterocycles. The number of anilines is 2. The van der Waals surface area contributed by atoms with Crippen LogP contribution >= 0.6 is 0 Å². The summed E-state index contributed by atoms with van der Waals surface area (Å²) in [7, 11) is 1.58. The fourth-order valence-corrected chi connectivity index (χ4v) is 3.01. The molecule has 2 amide bonds. The smallest absolute Gasteiger partial charge is 0.257 e. The number of hydrogen-bond acceptors (Lipinski definition) is 3. The van der Waals surface area contributed by atoms with Crippen molar-refractivity contribution in [2.75, 3.05) is 17.7 Å². The van der Waals surface area contributed by atoms with Crippen molar-refractivity contribution in [3.8, 4) is 5.75 Å². The number of carbonyl (C=O) groups is 2. The molecule has 5 nitrogen and oxygen atoms in total. The topological polar surface area (TPSA) is 67.4 Å². The van der Waals surface area contributed by atoms with Gasteiger partial charge in [-0.15, -0.1) is 0 Å². The summed E-state index contributed by atoms with van der Waals surface area (Å²) in [5.74, 6) is 0.0519. The Balaban J connectivity index is 1.76. The van der Waals surface area contributed by atoms with Gasteiger partial charge < -0.3 is 15.4 Å². The van der Waals surface area contributed by atoms with Gasteiger partial charge in [0.15, 0.2) is 0 Å². The van der Waals surface area contributed by atoms with Crippen molar-refractivity contribution >= 4 is 29.3 Å². The van der Waals surface area contributed by atoms with E-state index in [1.807, 2.05) is 56.3 Å². The highest BCUT2D eigenvalue weighted by Gasteiger charge is 2.14. The molecule has 0 aliphatic carbocycles. The number of nitrogens with one attached hydrogen (secondary N) is 2. The lowest BCUT2D eigenvalue weighted by Gasteiger charge is -2.13. The fraction of sp³-hybridized carbons (Fsp3) is 0.120. The lowest BCUT2D eigenvalue weighted by atomic mass is 10.1. The molecule has 0 bridgehead atoms. The molecule has 0 atom stereocenters. The van der Waals surface area contributed by atoms with Gasteiger partial charge in [-0.25, -0.2) is 0 Å². The van der Waals surface area contributed by atoms with Crippen molar-refractivity contribution in [3.05, 3.63) is 95.1 Å². The van der Waals surface area contributed by atoms with Gasteiger partial charge in [0.2, 0.25) is 5.91 Å². The highest BCUT2D eigenvalue weighted by atomic mass is 16.5. The SMILES string of the molecule is COc1ccccc1/C=C\C(=O)Nc1ccccc1C(=O)Nc1cccc(C)c1C. The van der Waals surface area contributed by atoms with E-state index < -0.39 is 0 Å². The number of amides is 2. The second-order valence-electron chi connectivity index (χ2n) is 6.81. The minimum absolute atomic E-state index is 0.284. The van der Waals surface area contributed by atoms with Crippen molar-refractivity contribution < 1.29 is 14.3 Å². The van der Waals surface area contributed by atoms with Crippen LogP contribution in [0.25, 0.3) is 6.08 Å². The summed E-state index contributed by atoms with van der Waals surface area (Å²) in [6.07, 6.45) is 3.09. The monoisotopic (exact) mass is 400 g/mol. The zero-order valence-corrected chi connectivity index (χ0v) is 17.2. The minimum Gasteiger partial charge on any atom is -0.496 e. The lowest BCUT2D eigenvalue weighted by molar-refractivity contribution is -0.111. The molecule has 0 aliphatic rings. The molecule has 0 heterocycles. The Labute approximate surface area is 176 Å². The maximum atomic E-state index is 12.8. The second kappa shape index (κ2) is 9.56. The number of rotatable bonds is 6. The van der Waals surface area contributed by atoms with E-state index in [0.29, 0.717) is 17.0 Å². The molecule has 0 fully saturated rings. The van der Waals surface area contributed by atoms with Gasteiger partial charge in [-0.3, -0.25) is 9.59 Å². The van der Waals surface area contributed by atoms with Crippen LogP contribution in [-0.4, -0.2) is 18.9 Å². The van der Waals surface area contributed by atoms with E-state index in [1.54, 1.807) is 37.5 Å². The second-order valence-corrected chi connectivity index (χ2v) is 6.81. The van der Waals surface area contributed by atoms with E-state index in [1.165, 1.54) is 6.08 Å². The number of aryl methyl sites for hydroxylation is 1. The number of para-hydroxylation sites is 2. The predicted molar refractivity (Wildman–Crippen MR) is 121 cm³/mol. The van der Waals surface area contributed by atoms with Crippen LogP contribution in [0.4, 0.5) is 11.4 Å². The van der Waals surface area contributed by atoms with Gasteiger partial charge in [0.05, 0.1) is 18.4 Å². The Morgan fingerprint density at radius 1 is 0.833 bits per heavy atom. The molecular formula is C25H24N2O3. The van der Waals surface area contributed by atoms with Crippen LogP contribution < -0.4 is 15.4 Å². The van der Waals surface area contributed by atoms with Crippen LogP contribution in [0.3, 0.4) is 0 Å². The Bertz CT molecular complexity index is 1100. The van der Waals surface area contributed by atoms with Crippen LogP contribution in [0.15, 0.2) is 72.8 Å². The van der Waals surface area contributed by atoms with Crippen molar-refractivity contribution in [3.63, 3.8) is 0 Å². The first-order valence-corrected chi connectivity index (χ1v) is 9.58. The molecule has 0 spiro atoms. The van der Waals surface area contributed by atoms with E-state index in [9.17, 15) is 9.59 Å². The summed E-state index contributed by atoms with van der Waals surface area (Å²) in [6, 6.07) is 20.1. The molecule has 0 unspecified atom stereocenters. The van der Waals surface area contributed by atoms with E-state index >= 15 is 0 Å². The Morgan fingerprint density at radius 2 is 1.53 bits per heavy atom. The fourth-order valence-electron chi connectivity index (χ4n) is 3.01. The molecule has 3 rings (SSSR count). The lowest BCUT2D eigenvalue weighted by Crippen LogP contribution is -2.17. The summed E-state index contributed by atoms with van der Waals surface area (Å²) in [5, 5.41) is 5.71. The van der Waals surface area contributed by atoms with Crippen molar-refractivity contribution in [1.82, 2.24) is 0 Å². The van der Waals surface area contributed by atoms with Crippen LogP contribution in [0, 0.1) is 13.8 Å². The summed E-state index contributed by atoms with van der Waals surface area (Å²) in [5.41, 5.74) is 4.46. The van der Waals surface area contributed by atoms with Gasteiger partial charge in [-0.1, -0.05) is 42.5 Å². The third kappa shape index (κ3) is 4.94. The summed E-state index contributed by atoms with van der Waals surface area (Å²) in [6.45, 7) is 3.95. The van der Waals surface area contributed by atoms with Gasteiger partial charge in [-0.2, -0.15) is 0 Å². The summed E-state index contributed by atoms with van der Waals surface area (Å²) in [4.78, 5) is 25.3. The molecule has 2 N–H and O–H groups in total. The maximum Gasteiger partial charge on any atom is 0.257 e. The Morgan fingerprint density at radius 3 is 2.33 bits per heavy atom. The highest BCUT2D eigenvalue weighted by Crippen LogP contribution is 2.22.